The fraction of sp³-hybridized carbons (Fsp3) is 0.200. The number of fused-ring (bicyclic) bond motifs is 6. The van der Waals surface area contributed by atoms with E-state index in [9.17, 15) is 0 Å². The maximum atomic E-state index is 2.67. The molecule has 0 bridgehead atoms. The Morgan fingerprint density at radius 1 is 0.588 bits per heavy atom. The van der Waals surface area contributed by atoms with E-state index in [1.165, 1.54) is 32.7 Å². The molecule has 0 heterocycles. The van der Waals surface area contributed by atoms with Gasteiger partial charge in [0.2, 0.25) is 0 Å². The van der Waals surface area contributed by atoms with Gasteiger partial charge in [0.1, 0.15) is 0 Å². The predicted octanol–water partition coefficient (Wildman–Crippen LogP) is 2.49. The van der Waals surface area contributed by atoms with Gasteiger partial charge in [-0.3, -0.25) is 0 Å². The Labute approximate surface area is 224 Å². The summed E-state index contributed by atoms with van der Waals surface area (Å²) in [4.78, 5) is 0. The van der Waals surface area contributed by atoms with Gasteiger partial charge in [0, 0.05) is 0 Å². The average molecular weight is 623 g/mol. The smallest absolute Gasteiger partial charge is 1.00 e. The summed E-state index contributed by atoms with van der Waals surface area (Å²) in [5.41, 5.74) is 9.60. The molecule has 4 aromatic carbocycles. The first kappa shape index (κ1) is 26.0. The number of rotatable bonds is 2. The molecule has 34 heavy (non-hydrogen) atoms. The first-order chi connectivity index (χ1) is 15.5. The summed E-state index contributed by atoms with van der Waals surface area (Å²) in [7, 11) is -1.11. The van der Waals surface area contributed by atoms with E-state index in [0.29, 0.717) is 0 Å². The van der Waals surface area contributed by atoms with Crippen LogP contribution in [0.5, 0.6) is 0 Å². The summed E-state index contributed by atoms with van der Waals surface area (Å²) in [5, 5.41) is 5.63. The first-order valence-corrected chi connectivity index (χ1v) is 26.1. The van der Waals surface area contributed by atoms with Crippen molar-refractivity contribution in [3.05, 3.63) is 106 Å². The topological polar surface area (TPSA) is 0 Å². The van der Waals surface area contributed by atoms with Gasteiger partial charge in [0.15, 0.2) is 0 Å². The van der Waals surface area contributed by atoms with Crippen molar-refractivity contribution in [3.8, 4) is 0 Å². The zero-order chi connectivity index (χ0) is 22.0. The molecule has 0 radical (unpaired) electrons. The van der Waals surface area contributed by atoms with Crippen molar-refractivity contribution in [2.24, 2.45) is 0 Å². The summed E-state index contributed by atoms with van der Waals surface area (Å²) < 4.78 is 1.46. The zero-order valence-corrected chi connectivity index (χ0v) is 26.1. The molecule has 170 valence electrons. The molecule has 0 saturated carbocycles. The predicted molar refractivity (Wildman–Crippen MR) is 138 cm³/mol. The molecule has 4 heteroatoms. The first-order valence-electron chi connectivity index (χ1n) is 11.6. The minimum absolute atomic E-state index is 0. The molecule has 0 amide bonds. The maximum absolute atomic E-state index is 2.67. The molecule has 4 aromatic rings. The van der Waals surface area contributed by atoms with Crippen LogP contribution < -0.4 is 24.8 Å². The third-order valence-corrected chi connectivity index (χ3v) is 38.6. The van der Waals surface area contributed by atoms with Crippen LogP contribution >= 0.6 is 0 Å². The van der Waals surface area contributed by atoms with Gasteiger partial charge in [0.05, 0.1) is 0 Å². The number of hydrogen-bond donors (Lipinski definition) is 0. The largest absolute Gasteiger partial charge is 1.00 e. The van der Waals surface area contributed by atoms with Crippen molar-refractivity contribution >= 4 is 43.7 Å². The third kappa shape index (κ3) is 4.02. The van der Waals surface area contributed by atoms with E-state index in [-0.39, 0.29) is 24.8 Å². The molecule has 0 saturated heterocycles. The quantitative estimate of drug-likeness (QED) is 0.302. The van der Waals surface area contributed by atoms with Crippen molar-refractivity contribution < 1.29 is 43.4 Å². The monoisotopic (exact) mass is 622 g/mol. The minimum atomic E-state index is -1.90. The number of benzene rings is 4. The second-order valence-corrected chi connectivity index (χ2v) is 38.9. The van der Waals surface area contributed by atoms with Gasteiger partial charge in [-0.15, -0.1) is 0 Å². The van der Waals surface area contributed by atoms with Crippen molar-refractivity contribution in [1.29, 1.82) is 0 Å². The SMILES string of the molecule is CC1=Cc2c(ccc3ccccc23)[CH]1[Zr+2]([CH]1C(C)=Cc2c1ccc1ccccc21)=[Ge]([CH3])[CH3].[Cl-].[Cl-]. The Hall–Kier alpha value is -1.11. The summed E-state index contributed by atoms with van der Waals surface area (Å²) >= 11 is -1.90. The Kier molecular flexibility index (Phi) is 7.71. The molecule has 0 spiro atoms. The van der Waals surface area contributed by atoms with Crippen LogP contribution in [0.25, 0.3) is 33.7 Å². The van der Waals surface area contributed by atoms with E-state index >= 15 is 0 Å². The van der Waals surface area contributed by atoms with E-state index in [2.05, 4.69) is 110 Å². The van der Waals surface area contributed by atoms with Crippen LogP contribution in [0.2, 0.25) is 11.5 Å². The van der Waals surface area contributed by atoms with Gasteiger partial charge in [-0.2, -0.15) is 0 Å². The summed E-state index contributed by atoms with van der Waals surface area (Å²) in [6, 6.07) is 27.6. The fourth-order valence-electron chi connectivity index (χ4n) is 6.13. The summed E-state index contributed by atoms with van der Waals surface area (Å²) in [5.74, 6) is 5.35. The molecule has 0 aromatic heterocycles. The van der Waals surface area contributed by atoms with Gasteiger partial charge in [-0.1, -0.05) is 0 Å². The fourth-order valence-corrected chi connectivity index (χ4v) is 39.3. The molecular weight excluding hydrogens is 595 g/mol. The molecule has 0 nitrogen and oxygen atoms in total. The van der Waals surface area contributed by atoms with Crippen LogP contribution in [-0.2, 0) is 18.6 Å². The van der Waals surface area contributed by atoms with E-state index in [1.807, 2.05) is 0 Å². The van der Waals surface area contributed by atoms with Gasteiger partial charge in [-0.05, 0) is 0 Å². The van der Waals surface area contributed by atoms with E-state index in [4.69, 9.17) is 0 Å². The van der Waals surface area contributed by atoms with Crippen molar-refractivity contribution in [3.63, 3.8) is 0 Å². The van der Waals surface area contributed by atoms with Crippen molar-refractivity contribution in [2.45, 2.75) is 32.6 Å². The Morgan fingerprint density at radius 3 is 1.41 bits per heavy atom. The number of halogens is 2. The molecule has 0 N–H and O–H groups in total. The van der Waals surface area contributed by atoms with Gasteiger partial charge in [0.25, 0.3) is 0 Å². The summed E-state index contributed by atoms with van der Waals surface area (Å²) in [6.07, 6.45) is 5.08. The summed E-state index contributed by atoms with van der Waals surface area (Å²) in [6.45, 7) is 4.85. The van der Waals surface area contributed by atoms with Gasteiger partial charge in [-0.25, -0.2) is 0 Å². The Bertz CT molecular complexity index is 1420. The normalized spacial score (nSPS) is 17.6. The van der Waals surface area contributed by atoms with Crippen LogP contribution in [-0.4, -0.2) is 9.98 Å². The van der Waals surface area contributed by atoms with Crippen molar-refractivity contribution in [1.82, 2.24) is 0 Å². The van der Waals surface area contributed by atoms with E-state index in [0.717, 1.165) is 7.25 Å². The molecule has 2 atom stereocenters. The Balaban J connectivity index is 0.00000137. The van der Waals surface area contributed by atoms with Crippen LogP contribution in [0.4, 0.5) is 0 Å². The third-order valence-electron chi connectivity index (χ3n) is 7.48. The molecule has 6 rings (SSSR count). The molecule has 0 fully saturated rings. The number of allylic oxidation sites excluding steroid dienone is 2. The van der Waals surface area contributed by atoms with E-state index < -0.39 is 28.6 Å². The number of hydrogen-bond acceptors (Lipinski definition) is 0. The second kappa shape index (κ2) is 10.1. The van der Waals surface area contributed by atoms with Gasteiger partial charge >= 0.3 is 201 Å². The molecule has 2 aliphatic carbocycles. The molecule has 2 unspecified atom stereocenters. The van der Waals surface area contributed by atoms with Crippen LogP contribution in [0.3, 0.4) is 0 Å². The van der Waals surface area contributed by atoms with Crippen LogP contribution in [0, 0.1) is 0 Å². The molecule has 0 aliphatic heterocycles. The van der Waals surface area contributed by atoms with Gasteiger partial charge < -0.3 is 24.8 Å². The van der Waals surface area contributed by atoms with Crippen LogP contribution in [0.1, 0.15) is 43.4 Å². The zero-order valence-electron chi connectivity index (χ0n) is 20.0. The van der Waals surface area contributed by atoms with E-state index in [1.54, 1.807) is 22.3 Å². The van der Waals surface area contributed by atoms with Crippen molar-refractivity contribution in [2.75, 3.05) is 0 Å². The molecule has 2 aliphatic rings. The maximum Gasteiger partial charge on any atom is -1.00 e. The second-order valence-electron chi connectivity index (χ2n) is 9.68. The average Bonchev–Trinajstić information content (AvgIpc) is 3.31. The standard InChI is InChI=1S/2C14H11.C2H6Ge.2ClH.Zr/c2*1-10-8-12-7-6-11-4-2-3-5-13(11)14(12)9-10;1-3-2;;;/h2*2-9H,1H3;1-2H3;2*1H;/q;;;;;+2/p-2. The Morgan fingerprint density at radius 2 is 1.00 bits per heavy atom. The van der Waals surface area contributed by atoms with Crippen LogP contribution in [0.15, 0.2) is 83.9 Å². The molecular formula is C30H28Cl2GeZr. The minimum Gasteiger partial charge on any atom is -1.00 e.